The van der Waals surface area contributed by atoms with Crippen molar-refractivity contribution < 1.29 is 9.90 Å². The fourth-order valence-corrected chi connectivity index (χ4v) is 2.79. The summed E-state index contributed by atoms with van der Waals surface area (Å²) in [5.41, 5.74) is 2.08. The zero-order chi connectivity index (χ0) is 15.9. The van der Waals surface area contributed by atoms with E-state index in [0.717, 1.165) is 44.7 Å². The standard InChI is InChI=1S/C15H27N5O2/c1-3-5-19-6-4-7-20-13(10-19)8-12(18-20)9-17-15(22)14(11-21)16-2/h8,14,16,21H,3-7,9-11H2,1-2H3,(H,17,22)/t14-/m0/s1. The third kappa shape index (κ3) is 4.28. The highest BCUT2D eigenvalue weighted by atomic mass is 16.3. The SMILES string of the molecule is CCCN1CCCn2nc(CNC(=O)[C@H](CO)NC)cc2C1. The summed E-state index contributed by atoms with van der Waals surface area (Å²) in [6, 6.07) is 1.50. The van der Waals surface area contributed by atoms with Gasteiger partial charge >= 0.3 is 0 Å². The largest absolute Gasteiger partial charge is 0.394 e. The van der Waals surface area contributed by atoms with Gasteiger partial charge in [0.15, 0.2) is 0 Å². The number of nitrogens with one attached hydrogen (secondary N) is 2. The predicted molar refractivity (Wildman–Crippen MR) is 84.2 cm³/mol. The van der Waals surface area contributed by atoms with Gasteiger partial charge in [-0.05, 0) is 32.5 Å². The van der Waals surface area contributed by atoms with Crippen LogP contribution in [0, 0.1) is 0 Å². The van der Waals surface area contributed by atoms with Crippen LogP contribution in [0.15, 0.2) is 6.07 Å². The summed E-state index contributed by atoms with van der Waals surface area (Å²) in [5, 5.41) is 19.3. The summed E-state index contributed by atoms with van der Waals surface area (Å²) in [6.45, 7) is 6.45. The van der Waals surface area contributed by atoms with Gasteiger partial charge in [0, 0.05) is 19.6 Å². The highest BCUT2D eigenvalue weighted by Gasteiger charge is 2.18. The van der Waals surface area contributed by atoms with Crippen molar-refractivity contribution in [1.82, 2.24) is 25.3 Å². The number of carbonyl (C=O) groups excluding carboxylic acids is 1. The van der Waals surface area contributed by atoms with Crippen LogP contribution in [-0.2, 0) is 24.4 Å². The third-order valence-corrected chi connectivity index (χ3v) is 3.97. The van der Waals surface area contributed by atoms with Crippen LogP contribution in [0.5, 0.6) is 0 Å². The topological polar surface area (TPSA) is 82.4 Å². The molecule has 7 heteroatoms. The molecule has 22 heavy (non-hydrogen) atoms. The van der Waals surface area contributed by atoms with Gasteiger partial charge in [-0.15, -0.1) is 0 Å². The van der Waals surface area contributed by atoms with E-state index in [0.29, 0.717) is 6.54 Å². The fraction of sp³-hybridized carbons (Fsp3) is 0.733. The molecule has 1 aliphatic rings. The Labute approximate surface area is 131 Å². The average Bonchev–Trinajstić information content (AvgIpc) is 2.79. The Morgan fingerprint density at radius 1 is 1.50 bits per heavy atom. The Balaban J connectivity index is 1.94. The number of hydrogen-bond acceptors (Lipinski definition) is 5. The Kier molecular flexibility index (Phi) is 6.35. The van der Waals surface area contributed by atoms with Gasteiger partial charge in [-0.1, -0.05) is 6.92 Å². The van der Waals surface area contributed by atoms with Gasteiger partial charge in [-0.3, -0.25) is 14.4 Å². The van der Waals surface area contributed by atoms with E-state index in [-0.39, 0.29) is 12.5 Å². The number of nitrogens with zero attached hydrogens (tertiary/aromatic N) is 3. The molecule has 1 aromatic rings. The predicted octanol–water partition coefficient (Wildman–Crippen LogP) is -0.305. The number of carbonyl (C=O) groups is 1. The maximum absolute atomic E-state index is 11.8. The molecule has 0 radical (unpaired) electrons. The number of aliphatic hydroxyl groups excluding tert-OH is 1. The fourth-order valence-electron chi connectivity index (χ4n) is 2.79. The second kappa shape index (κ2) is 8.26. The smallest absolute Gasteiger partial charge is 0.239 e. The molecule has 0 unspecified atom stereocenters. The summed E-state index contributed by atoms with van der Waals surface area (Å²) in [4.78, 5) is 14.3. The Morgan fingerprint density at radius 2 is 2.32 bits per heavy atom. The van der Waals surface area contributed by atoms with Gasteiger partial charge in [0.2, 0.25) is 5.91 Å². The van der Waals surface area contributed by atoms with Crippen molar-refractivity contribution in [3.63, 3.8) is 0 Å². The molecule has 0 spiro atoms. The molecule has 0 fully saturated rings. The van der Waals surface area contributed by atoms with Crippen molar-refractivity contribution in [2.45, 2.75) is 45.4 Å². The van der Waals surface area contributed by atoms with Crippen LogP contribution in [0.25, 0.3) is 0 Å². The van der Waals surface area contributed by atoms with Gasteiger partial charge < -0.3 is 15.7 Å². The van der Waals surface area contributed by atoms with Gasteiger partial charge in [-0.2, -0.15) is 5.10 Å². The normalized spacial score (nSPS) is 16.9. The minimum Gasteiger partial charge on any atom is -0.394 e. The van der Waals surface area contributed by atoms with Crippen LogP contribution in [0.3, 0.4) is 0 Å². The quantitative estimate of drug-likeness (QED) is 0.644. The van der Waals surface area contributed by atoms with E-state index in [2.05, 4.69) is 38.3 Å². The molecule has 3 N–H and O–H groups in total. The van der Waals surface area contributed by atoms with Crippen molar-refractivity contribution in [3.8, 4) is 0 Å². The Bertz CT molecular complexity index is 484. The summed E-state index contributed by atoms with van der Waals surface area (Å²) >= 11 is 0. The Morgan fingerprint density at radius 3 is 3.00 bits per heavy atom. The molecular formula is C15H27N5O2. The Hall–Kier alpha value is -1.44. The number of likely N-dealkylation sites (N-methyl/N-ethyl adjacent to an activating group) is 1. The van der Waals surface area contributed by atoms with Crippen LogP contribution in [0.2, 0.25) is 0 Å². The highest BCUT2D eigenvalue weighted by Crippen LogP contribution is 2.14. The molecule has 124 valence electrons. The van der Waals surface area contributed by atoms with Crippen LogP contribution in [0.4, 0.5) is 0 Å². The lowest BCUT2D eigenvalue weighted by atomic mass is 10.2. The number of amides is 1. The first-order chi connectivity index (χ1) is 10.7. The number of hydrogen-bond donors (Lipinski definition) is 3. The summed E-state index contributed by atoms with van der Waals surface area (Å²) in [7, 11) is 1.65. The summed E-state index contributed by atoms with van der Waals surface area (Å²) < 4.78 is 2.05. The molecule has 2 rings (SSSR count). The summed E-state index contributed by atoms with van der Waals surface area (Å²) in [6.07, 6.45) is 2.26. The number of aliphatic hydroxyl groups is 1. The number of fused-ring (bicyclic) bond motifs is 1. The molecule has 1 atom stereocenters. The van der Waals surface area contributed by atoms with E-state index in [1.807, 2.05) is 0 Å². The molecule has 7 nitrogen and oxygen atoms in total. The monoisotopic (exact) mass is 309 g/mol. The van der Waals surface area contributed by atoms with E-state index in [1.54, 1.807) is 7.05 Å². The molecule has 0 aromatic carbocycles. The van der Waals surface area contributed by atoms with Crippen molar-refractivity contribution in [2.75, 3.05) is 26.7 Å². The molecule has 0 saturated heterocycles. The van der Waals surface area contributed by atoms with Crippen molar-refractivity contribution in [3.05, 3.63) is 17.5 Å². The van der Waals surface area contributed by atoms with Gasteiger partial charge in [-0.25, -0.2) is 0 Å². The maximum Gasteiger partial charge on any atom is 0.239 e. The second-order valence-corrected chi connectivity index (χ2v) is 5.72. The molecule has 1 amide bonds. The molecule has 1 aromatic heterocycles. The lowest BCUT2D eigenvalue weighted by molar-refractivity contribution is -0.124. The first-order valence-electron chi connectivity index (χ1n) is 8.01. The molecule has 0 bridgehead atoms. The second-order valence-electron chi connectivity index (χ2n) is 5.72. The van der Waals surface area contributed by atoms with Crippen molar-refractivity contribution in [2.24, 2.45) is 0 Å². The zero-order valence-corrected chi connectivity index (χ0v) is 13.5. The number of aromatic nitrogens is 2. The molecule has 2 heterocycles. The van der Waals surface area contributed by atoms with Crippen molar-refractivity contribution >= 4 is 5.91 Å². The van der Waals surface area contributed by atoms with Gasteiger partial charge in [0.1, 0.15) is 6.04 Å². The molecule has 0 aliphatic carbocycles. The number of rotatable bonds is 7. The van der Waals surface area contributed by atoms with Gasteiger partial charge in [0.05, 0.1) is 24.5 Å². The minimum absolute atomic E-state index is 0.208. The van der Waals surface area contributed by atoms with E-state index in [1.165, 1.54) is 5.69 Å². The van der Waals surface area contributed by atoms with Crippen LogP contribution < -0.4 is 10.6 Å². The zero-order valence-electron chi connectivity index (χ0n) is 13.5. The van der Waals surface area contributed by atoms with E-state index in [4.69, 9.17) is 5.11 Å². The summed E-state index contributed by atoms with van der Waals surface area (Å²) in [5.74, 6) is -0.208. The first kappa shape index (κ1) is 16.9. The molecule has 0 saturated carbocycles. The lowest BCUT2D eigenvalue weighted by Crippen LogP contribution is -2.44. The maximum atomic E-state index is 11.8. The molecule has 1 aliphatic heterocycles. The number of aryl methyl sites for hydroxylation is 1. The molecular weight excluding hydrogens is 282 g/mol. The first-order valence-corrected chi connectivity index (χ1v) is 8.01. The van der Waals surface area contributed by atoms with Crippen LogP contribution >= 0.6 is 0 Å². The van der Waals surface area contributed by atoms with E-state index < -0.39 is 6.04 Å². The van der Waals surface area contributed by atoms with Crippen LogP contribution in [-0.4, -0.2) is 58.5 Å². The van der Waals surface area contributed by atoms with E-state index in [9.17, 15) is 4.79 Å². The van der Waals surface area contributed by atoms with Crippen molar-refractivity contribution in [1.29, 1.82) is 0 Å². The highest BCUT2D eigenvalue weighted by molar-refractivity contribution is 5.81. The third-order valence-electron chi connectivity index (χ3n) is 3.97. The average molecular weight is 309 g/mol. The van der Waals surface area contributed by atoms with E-state index >= 15 is 0 Å². The minimum atomic E-state index is -0.569. The van der Waals surface area contributed by atoms with Gasteiger partial charge in [0.25, 0.3) is 0 Å². The van der Waals surface area contributed by atoms with Crippen LogP contribution in [0.1, 0.15) is 31.2 Å². The lowest BCUT2D eigenvalue weighted by Gasteiger charge is -2.17.